The number of nitrogens with zero attached hydrogens (tertiary/aromatic N) is 1. The van der Waals surface area contributed by atoms with Crippen LogP contribution in [0.25, 0.3) is 0 Å². The molecular weight excluding hydrogens is 214 g/mol. The third kappa shape index (κ3) is 1.98. The van der Waals surface area contributed by atoms with Crippen molar-refractivity contribution in [3.63, 3.8) is 0 Å². The Labute approximate surface area is 100 Å². The normalized spacial score (nSPS) is 18.3. The fourth-order valence-electron chi connectivity index (χ4n) is 2.14. The summed E-state index contributed by atoms with van der Waals surface area (Å²) in [4.78, 5) is 7.47. The van der Waals surface area contributed by atoms with E-state index in [-0.39, 0.29) is 6.04 Å². The van der Waals surface area contributed by atoms with Gasteiger partial charge in [0.1, 0.15) is 5.75 Å². The Morgan fingerprint density at radius 1 is 1.41 bits per heavy atom. The predicted octanol–water partition coefficient (Wildman–Crippen LogP) is 2.65. The van der Waals surface area contributed by atoms with Gasteiger partial charge in [-0.2, -0.15) is 0 Å². The van der Waals surface area contributed by atoms with Gasteiger partial charge in [-0.05, 0) is 13.0 Å². The highest BCUT2D eigenvalue weighted by molar-refractivity contribution is 5.42. The summed E-state index contributed by atoms with van der Waals surface area (Å²) in [6, 6.07) is 8.41. The first-order chi connectivity index (χ1) is 8.33. The van der Waals surface area contributed by atoms with Crippen LogP contribution in [0.3, 0.4) is 0 Å². The summed E-state index contributed by atoms with van der Waals surface area (Å²) in [5.74, 6) is 1.80. The maximum absolute atomic E-state index is 5.63. The van der Waals surface area contributed by atoms with Gasteiger partial charge in [0.25, 0.3) is 0 Å². The van der Waals surface area contributed by atoms with Crippen molar-refractivity contribution in [1.82, 2.24) is 9.97 Å². The van der Waals surface area contributed by atoms with Crippen LogP contribution in [-0.4, -0.2) is 16.6 Å². The van der Waals surface area contributed by atoms with E-state index in [1.165, 1.54) is 5.56 Å². The van der Waals surface area contributed by atoms with Gasteiger partial charge >= 0.3 is 0 Å². The van der Waals surface area contributed by atoms with Crippen LogP contribution in [0.4, 0.5) is 5.95 Å². The Kier molecular flexibility index (Phi) is 2.48. The lowest BCUT2D eigenvalue weighted by Crippen LogP contribution is -2.20. The summed E-state index contributed by atoms with van der Waals surface area (Å²) in [5, 5.41) is 3.41. The zero-order valence-corrected chi connectivity index (χ0v) is 9.73. The average Bonchev–Trinajstić information content (AvgIpc) is 2.75. The van der Waals surface area contributed by atoms with Gasteiger partial charge < -0.3 is 15.0 Å². The molecular formula is C13H15N3O. The van der Waals surface area contributed by atoms with Crippen molar-refractivity contribution in [2.24, 2.45) is 0 Å². The summed E-state index contributed by atoms with van der Waals surface area (Å²) in [6.45, 7) is 2.74. The maximum atomic E-state index is 5.63. The van der Waals surface area contributed by atoms with Crippen molar-refractivity contribution in [2.45, 2.75) is 19.4 Å². The second-order valence-corrected chi connectivity index (χ2v) is 4.29. The molecule has 0 saturated carbocycles. The number of ether oxygens (including phenoxy) is 1. The molecule has 1 unspecified atom stereocenters. The molecule has 2 N–H and O–H groups in total. The van der Waals surface area contributed by atoms with Crippen LogP contribution in [0.2, 0.25) is 0 Å². The molecule has 1 aromatic carbocycles. The van der Waals surface area contributed by atoms with Crippen molar-refractivity contribution in [2.75, 3.05) is 11.9 Å². The highest BCUT2D eigenvalue weighted by Gasteiger charge is 2.21. The minimum absolute atomic E-state index is 0.269. The first kappa shape index (κ1) is 10.2. The number of anilines is 1. The lowest BCUT2D eigenvalue weighted by molar-refractivity contribution is 0.274. The minimum Gasteiger partial charge on any atom is -0.493 e. The van der Waals surface area contributed by atoms with E-state index in [1.54, 1.807) is 0 Å². The van der Waals surface area contributed by atoms with E-state index in [1.807, 2.05) is 31.3 Å². The van der Waals surface area contributed by atoms with E-state index in [0.29, 0.717) is 0 Å². The van der Waals surface area contributed by atoms with Gasteiger partial charge in [0, 0.05) is 23.9 Å². The number of hydrogen-bond acceptors (Lipinski definition) is 3. The molecule has 0 bridgehead atoms. The Morgan fingerprint density at radius 2 is 2.29 bits per heavy atom. The SMILES string of the molecule is Cc1cnc(NC2CCOc3ccccc32)[nH]1. The molecule has 88 valence electrons. The van der Waals surface area contributed by atoms with E-state index >= 15 is 0 Å². The number of aryl methyl sites for hydroxylation is 1. The van der Waals surface area contributed by atoms with Gasteiger partial charge in [-0.15, -0.1) is 0 Å². The summed E-state index contributed by atoms with van der Waals surface area (Å²) in [7, 11) is 0. The number of H-pyrrole nitrogens is 1. The first-order valence-corrected chi connectivity index (χ1v) is 5.83. The second-order valence-electron chi connectivity index (χ2n) is 4.29. The molecule has 2 aromatic rings. The average molecular weight is 229 g/mol. The number of hydrogen-bond donors (Lipinski definition) is 2. The monoisotopic (exact) mass is 229 g/mol. The van der Waals surface area contributed by atoms with Crippen molar-refractivity contribution >= 4 is 5.95 Å². The number of imidazole rings is 1. The molecule has 17 heavy (non-hydrogen) atoms. The Hall–Kier alpha value is -1.97. The van der Waals surface area contributed by atoms with E-state index in [4.69, 9.17) is 4.74 Å². The molecule has 0 fully saturated rings. The quantitative estimate of drug-likeness (QED) is 0.832. The van der Waals surface area contributed by atoms with Gasteiger partial charge in [0.15, 0.2) is 0 Å². The van der Waals surface area contributed by atoms with Crippen LogP contribution in [0, 0.1) is 6.92 Å². The molecule has 4 nitrogen and oxygen atoms in total. The van der Waals surface area contributed by atoms with Crippen LogP contribution in [-0.2, 0) is 0 Å². The van der Waals surface area contributed by atoms with E-state index in [9.17, 15) is 0 Å². The van der Waals surface area contributed by atoms with Gasteiger partial charge in [-0.3, -0.25) is 0 Å². The third-order valence-electron chi connectivity index (χ3n) is 2.97. The molecule has 1 aromatic heterocycles. The van der Waals surface area contributed by atoms with Crippen molar-refractivity contribution in [3.05, 3.63) is 41.7 Å². The molecule has 0 radical (unpaired) electrons. The number of aromatic nitrogens is 2. The molecule has 3 rings (SSSR count). The van der Waals surface area contributed by atoms with Crippen molar-refractivity contribution < 1.29 is 4.74 Å². The predicted molar refractivity (Wildman–Crippen MR) is 66.2 cm³/mol. The fourth-order valence-corrected chi connectivity index (χ4v) is 2.14. The Bertz CT molecular complexity index is 521. The summed E-state index contributed by atoms with van der Waals surface area (Å²) in [5.41, 5.74) is 2.26. The van der Waals surface area contributed by atoms with Crippen LogP contribution >= 0.6 is 0 Å². The molecule has 0 amide bonds. The lowest BCUT2D eigenvalue weighted by Gasteiger charge is -2.26. The number of benzene rings is 1. The van der Waals surface area contributed by atoms with Crippen molar-refractivity contribution in [3.8, 4) is 5.75 Å². The highest BCUT2D eigenvalue weighted by Crippen LogP contribution is 2.33. The van der Waals surface area contributed by atoms with Gasteiger partial charge in [-0.1, -0.05) is 18.2 Å². The standard InChI is InChI=1S/C13H15N3O/c1-9-8-14-13(15-9)16-11-6-7-17-12-5-3-2-4-10(11)12/h2-5,8,11H,6-7H2,1H3,(H2,14,15,16). The molecule has 0 aliphatic carbocycles. The highest BCUT2D eigenvalue weighted by atomic mass is 16.5. The number of fused-ring (bicyclic) bond motifs is 1. The second kappa shape index (κ2) is 4.13. The molecule has 1 aliphatic heterocycles. The molecule has 1 aliphatic rings. The van der Waals surface area contributed by atoms with Crippen LogP contribution in [0.5, 0.6) is 5.75 Å². The van der Waals surface area contributed by atoms with Crippen LogP contribution in [0.15, 0.2) is 30.5 Å². The number of aromatic amines is 1. The maximum Gasteiger partial charge on any atom is 0.200 e. The van der Waals surface area contributed by atoms with Crippen LogP contribution < -0.4 is 10.1 Å². The fraction of sp³-hybridized carbons (Fsp3) is 0.308. The molecule has 0 saturated heterocycles. The summed E-state index contributed by atoms with van der Waals surface area (Å²) >= 11 is 0. The van der Waals surface area contributed by atoms with Gasteiger partial charge in [0.05, 0.1) is 12.6 Å². The smallest absolute Gasteiger partial charge is 0.200 e. The largest absolute Gasteiger partial charge is 0.493 e. The van der Waals surface area contributed by atoms with E-state index in [0.717, 1.165) is 30.4 Å². The Morgan fingerprint density at radius 3 is 3.12 bits per heavy atom. The number of nitrogens with one attached hydrogen (secondary N) is 2. The zero-order valence-electron chi connectivity index (χ0n) is 9.73. The zero-order chi connectivity index (χ0) is 11.7. The molecule has 2 heterocycles. The van der Waals surface area contributed by atoms with Crippen LogP contribution in [0.1, 0.15) is 23.7 Å². The lowest BCUT2D eigenvalue weighted by atomic mass is 10.0. The minimum atomic E-state index is 0.269. The third-order valence-corrected chi connectivity index (χ3v) is 2.97. The first-order valence-electron chi connectivity index (χ1n) is 5.83. The van der Waals surface area contributed by atoms with Gasteiger partial charge in [0.2, 0.25) is 5.95 Å². The van der Waals surface area contributed by atoms with E-state index < -0.39 is 0 Å². The Balaban J connectivity index is 1.85. The number of rotatable bonds is 2. The van der Waals surface area contributed by atoms with E-state index in [2.05, 4.69) is 21.4 Å². The topological polar surface area (TPSA) is 49.9 Å². The summed E-state index contributed by atoms with van der Waals surface area (Å²) < 4.78 is 5.63. The molecule has 4 heteroatoms. The van der Waals surface area contributed by atoms with Gasteiger partial charge in [-0.25, -0.2) is 4.98 Å². The number of para-hydroxylation sites is 1. The molecule has 0 spiro atoms. The van der Waals surface area contributed by atoms with Crippen molar-refractivity contribution in [1.29, 1.82) is 0 Å². The summed E-state index contributed by atoms with van der Waals surface area (Å²) in [6.07, 6.45) is 2.78. The molecule has 1 atom stereocenters.